The molecule has 3 nitrogen and oxygen atoms in total. The molecule has 0 aromatic heterocycles. The van der Waals surface area contributed by atoms with E-state index in [9.17, 15) is 9.18 Å². The van der Waals surface area contributed by atoms with E-state index in [0.717, 1.165) is 0 Å². The second-order valence-corrected chi connectivity index (χ2v) is 3.86. The summed E-state index contributed by atoms with van der Waals surface area (Å²) in [7, 11) is 0. The van der Waals surface area contributed by atoms with Gasteiger partial charge in [0.1, 0.15) is 11.7 Å². The maximum Gasteiger partial charge on any atom is 0.321 e. The summed E-state index contributed by atoms with van der Waals surface area (Å²) in [5.41, 5.74) is 3.95. The standard InChI is InChI=1S/C7H10FNO2/c8-7-1-6(2-7,3-7)4(9)5(10)11/h4H,1-3,9H2,(H,10,11). The molecule has 0 radical (unpaired) electrons. The Labute approximate surface area is 63.4 Å². The van der Waals surface area contributed by atoms with E-state index < -0.39 is 17.7 Å². The second-order valence-electron chi connectivity index (χ2n) is 3.86. The van der Waals surface area contributed by atoms with Gasteiger partial charge in [0.15, 0.2) is 0 Å². The van der Waals surface area contributed by atoms with E-state index in [1.165, 1.54) is 0 Å². The van der Waals surface area contributed by atoms with Crippen LogP contribution in [0.5, 0.6) is 0 Å². The summed E-state index contributed by atoms with van der Waals surface area (Å²) in [6, 6.07) is -0.861. The molecule has 4 heteroatoms. The molecule has 3 fully saturated rings. The molecule has 3 aliphatic rings. The van der Waals surface area contributed by atoms with E-state index in [-0.39, 0.29) is 5.41 Å². The van der Waals surface area contributed by atoms with Crippen LogP contribution in [-0.4, -0.2) is 22.8 Å². The summed E-state index contributed by atoms with van der Waals surface area (Å²) in [6.07, 6.45) is 1.06. The number of aliphatic carboxylic acids is 1. The zero-order valence-electron chi connectivity index (χ0n) is 6.01. The van der Waals surface area contributed by atoms with Gasteiger partial charge in [0.2, 0.25) is 0 Å². The number of nitrogens with two attached hydrogens (primary N) is 1. The molecule has 1 unspecified atom stereocenters. The van der Waals surface area contributed by atoms with Crippen molar-refractivity contribution >= 4 is 5.97 Å². The Morgan fingerprint density at radius 1 is 1.55 bits per heavy atom. The molecule has 0 aliphatic heterocycles. The van der Waals surface area contributed by atoms with Gasteiger partial charge < -0.3 is 10.8 Å². The fourth-order valence-electron chi connectivity index (χ4n) is 2.33. The molecule has 2 bridgehead atoms. The molecule has 3 rings (SSSR count). The average molecular weight is 159 g/mol. The topological polar surface area (TPSA) is 63.3 Å². The van der Waals surface area contributed by atoms with Crippen molar-refractivity contribution in [2.24, 2.45) is 11.1 Å². The lowest BCUT2D eigenvalue weighted by Gasteiger charge is -2.67. The van der Waals surface area contributed by atoms with E-state index in [1.54, 1.807) is 0 Å². The third-order valence-electron chi connectivity index (χ3n) is 2.93. The van der Waals surface area contributed by atoms with Crippen molar-refractivity contribution in [3.05, 3.63) is 0 Å². The van der Waals surface area contributed by atoms with E-state index >= 15 is 0 Å². The highest BCUT2D eigenvalue weighted by atomic mass is 19.1. The Morgan fingerprint density at radius 3 is 2.27 bits per heavy atom. The lowest BCUT2D eigenvalue weighted by molar-refractivity contribution is -0.227. The van der Waals surface area contributed by atoms with Crippen LogP contribution < -0.4 is 5.73 Å². The zero-order valence-corrected chi connectivity index (χ0v) is 6.01. The predicted octanol–water partition coefficient (Wildman–Crippen LogP) is 0.290. The number of alkyl halides is 1. The number of carboxylic acid groups (broad SMARTS) is 1. The maximum absolute atomic E-state index is 12.9. The fourth-order valence-corrected chi connectivity index (χ4v) is 2.33. The molecule has 0 saturated heterocycles. The van der Waals surface area contributed by atoms with Crippen LogP contribution in [0.4, 0.5) is 4.39 Å². The Hall–Kier alpha value is -0.640. The first kappa shape index (κ1) is 7.03. The van der Waals surface area contributed by atoms with Gasteiger partial charge in [0, 0.05) is 5.41 Å². The molecule has 11 heavy (non-hydrogen) atoms. The van der Waals surface area contributed by atoms with Gasteiger partial charge in [0.05, 0.1) is 0 Å². The summed E-state index contributed by atoms with van der Waals surface area (Å²) in [6.45, 7) is 0. The molecule has 0 heterocycles. The monoisotopic (exact) mass is 159 g/mol. The first-order valence-electron chi connectivity index (χ1n) is 3.65. The minimum Gasteiger partial charge on any atom is -0.480 e. The third-order valence-corrected chi connectivity index (χ3v) is 2.93. The first-order valence-corrected chi connectivity index (χ1v) is 3.65. The molecule has 0 aromatic carbocycles. The lowest BCUT2D eigenvalue weighted by Crippen LogP contribution is -2.72. The van der Waals surface area contributed by atoms with Crippen LogP contribution in [0.1, 0.15) is 19.3 Å². The fraction of sp³-hybridized carbons (Fsp3) is 0.857. The second kappa shape index (κ2) is 1.58. The highest BCUT2D eigenvalue weighted by molar-refractivity contribution is 5.75. The van der Waals surface area contributed by atoms with Crippen LogP contribution >= 0.6 is 0 Å². The van der Waals surface area contributed by atoms with Gasteiger partial charge in [0.25, 0.3) is 0 Å². The SMILES string of the molecule is NC(C(=O)O)C12CC(F)(C1)C2. The van der Waals surface area contributed by atoms with Crippen LogP contribution in [-0.2, 0) is 4.79 Å². The summed E-state index contributed by atoms with van der Waals surface area (Å²) in [5.74, 6) is -1.01. The quantitative estimate of drug-likeness (QED) is 0.608. The van der Waals surface area contributed by atoms with Crippen LogP contribution in [0.2, 0.25) is 0 Å². The van der Waals surface area contributed by atoms with Gasteiger partial charge in [-0.1, -0.05) is 0 Å². The Kier molecular flexibility index (Phi) is 1.01. The van der Waals surface area contributed by atoms with Crippen LogP contribution in [0, 0.1) is 5.41 Å². The molecule has 3 N–H and O–H groups in total. The number of hydrogen-bond donors (Lipinski definition) is 2. The van der Waals surface area contributed by atoms with Crippen molar-refractivity contribution in [1.29, 1.82) is 0 Å². The van der Waals surface area contributed by atoms with Crippen molar-refractivity contribution < 1.29 is 14.3 Å². The molecule has 3 saturated carbocycles. The minimum absolute atomic E-state index is 0.355. The Balaban J connectivity index is 2.04. The number of carboxylic acids is 1. The number of halogens is 1. The summed E-state index contributed by atoms with van der Waals surface area (Å²) >= 11 is 0. The molecular formula is C7H10FNO2. The van der Waals surface area contributed by atoms with E-state index in [4.69, 9.17) is 10.8 Å². The highest BCUT2D eigenvalue weighted by Gasteiger charge is 2.72. The van der Waals surface area contributed by atoms with Gasteiger partial charge in [-0.15, -0.1) is 0 Å². The molecule has 0 spiro atoms. The smallest absolute Gasteiger partial charge is 0.321 e. The molecular weight excluding hydrogens is 149 g/mol. The van der Waals surface area contributed by atoms with Crippen LogP contribution in [0.15, 0.2) is 0 Å². The molecule has 3 aliphatic carbocycles. The van der Waals surface area contributed by atoms with Crippen LogP contribution in [0.25, 0.3) is 0 Å². The third kappa shape index (κ3) is 0.677. The number of hydrogen-bond acceptors (Lipinski definition) is 2. The maximum atomic E-state index is 12.9. The van der Waals surface area contributed by atoms with Gasteiger partial charge >= 0.3 is 5.97 Å². The van der Waals surface area contributed by atoms with Crippen LogP contribution in [0.3, 0.4) is 0 Å². The Bertz CT molecular complexity index is 209. The molecule has 62 valence electrons. The van der Waals surface area contributed by atoms with E-state index in [1.807, 2.05) is 0 Å². The molecule has 0 aromatic rings. The van der Waals surface area contributed by atoms with Gasteiger partial charge in [-0.05, 0) is 19.3 Å². The molecule has 1 atom stereocenters. The zero-order chi connectivity index (χ0) is 8.28. The van der Waals surface area contributed by atoms with Gasteiger partial charge in [-0.3, -0.25) is 4.79 Å². The van der Waals surface area contributed by atoms with E-state index in [0.29, 0.717) is 19.3 Å². The highest BCUT2D eigenvalue weighted by Crippen LogP contribution is 2.70. The van der Waals surface area contributed by atoms with E-state index in [2.05, 4.69) is 0 Å². The van der Waals surface area contributed by atoms with Gasteiger partial charge in [-0.25, -0.2) is 4.39 Å². The normalized spacial score (nSPS) is 48.9. The van der Waals surface area contributed by atoms with Crippen molar-refractivity contribution in [1.82, 2.24) is 0 Å². The summed E-state index contributed by atoms with van der Waals surface area (Å²) in [4.78, 5) is 10.4. The summed E-state index contributed by atoms with van der Waals surface area (Å²) in [5, 5.41) is 8.54. The minimum atomic E-state index is -1.05. The molecule has 0 amide bonds. The summed E-state index contributed by atoms with van der Waals surface area (Å²) < 4.78 is 12.9. The average Bonchev–Trinajstić information content (AvgIpc) is 1.77. The van der Waals surface area contributed by atoms with Crippen molar-refractivity contribution in [2.75, 3.05) is 0 Å². The number of rotatable bonds is 2. The van der Waals surface area contributed by atoms with Gasteiger partial charge in [-0.2, -0.15) is 0 Å². The van der Waals surface area contributed by atoms with Crippen molar-refractivity contribution in [3.63, 3.8) is 0 Å². The first-order chi connectivity index (χ1) is 4.98. The Morgan fingerprint density at radius 2 is 2.00 bits per heavy atom. The number of carbonyl (C=O) groups is 1. The van der Waals surface area contributed by atoms with Crippen molar-refractivity contribution in [3.8, 4) is 0 Å². The van der Waals surface area contributed by atoms with Crippen molar-refractivity contribution in [2.45, 2.75) is 31.0 Å². The largest absolute Gasteiger partial charge is 0.480 e. The predicted molar refractivity (Wildman–Crippen MR) is 35.7 cm³/mol. The lowest BCUT2D eigenvalue weighted by atomic mass is 9.40.